The fraction of sp³-hybridized carbons (Fsp3) is 0.182. The quantitative estimate of drug-likeness (QED) is 0.758. The summed E-state index contributed by atoms with van der Waals surface area (Å²) in [6, 6.07) is 4.19. The molecule has 0 unspecified atom stereocenters. The third-order valence-electron chi connectivity index (χ3n) is 2.48. The average molecular weight is 246 g/mol. The second-order valence-corrected chi connectivity index (χ2v) is 3.68. The highest BCUT2D eigenvalue weighted by molar-refractivity contribution is 5.78. The molecule has 7 nitrogen and oxygen atoms in total. The number of nitrogens with zero attached hydrogens (tertiary/aromatic N) is 3. The number of hydrogen-bond acceptors (Lipinski definition) is 7. The Bertz CT molecular complexity index is 675. The van der Waals surface area contributed by atoms with Crippen molar-refractivity contribution in [2.75, 3.05) is 12.4 Å². The number of hydrogen-bond donors (Lipinski definition) is 1. The Morgan fingerprint density at radius 2 is 2.17 bits per heavy atom. The molecule has 0 amide bonds. The summed E-state index contributed by atoms with van der Waals surface area (Å²) in [6.07, 6.45) is 1.22. The SMILES string of the molecule is COc1cc2oc(Nc3nnco3)nc2cc1C. The van der Waals surface area contributed by atoms with Crippen molar-refractivity contribution < 1.29 is 13.6 Å². The lowest BCUT2D eigenvalue weighted by Crippen LogP contribution is -1.89. The number of benzene rings is 1. The van der Waals surface area contributed by atoms with Crippen LogP contribution in [0.3, 0.4) is 0 Å². The third-order valence-corrected chi connectivity index (χ3v) is 2.48. The van der Waals surface area contributed by atoms with Gasteiger partial charge >= 0.3 is 12.0 Å². The van der Waals surface area contributed by atoms with Crippen LogP contribution in [0.15, 0.2) is 27.4 Å². The summed E-state index contributed by atoms with van der Waals surface area (Å²) in [4.78, 5) is 4.26. The van der Waals surface area contributed by atoms with Crippen LogP contribution in [-0.4, -0.2) is 22.3 Å². The fourth-order valence-electron chi connectivity index (χ4n) is 1.65. The normalized spacial score (nSPS) is 10.8. The first-order chi connectivity index (χ1) is 8.76. The maximum atomic E-state index is 5.51. The van der Waals surface area contributed by atoms with E-state index in [1.165, 1.54) is 6.39 Å². The minimum atomic E-state index is 0.227. The highest BCUT2D eigenvalue weighted by Crippen LogP contribution is 2.27. The molecule has 92 valence electrons. The highest BCUT2D eigenvalue weighted by atomic mass is 16.5. The van der Waals surface area contributed by atoms with E-state index in [4.69, 9.17) is 13.6 Å². The Hall–Kier alpha value is -2.57. The molecule has 1 aromatic carbocycles. The van der Waals surface area contributed by atoms with Crippen molar-refractivity contribution in [2.45, 2.75) is 6.92 Å². The van der Waals surface area contributed by atoms with Crippen molar-refractivity contribution >= 4 is 23.1 Å². The van der Waals surface area contributed by atoms with Gasteiger partial charge in [0.05, 0.1) is 7.11 Å². The zero-order valence-corrected chi connectivity index (χ0v) is 9.80. The molecule has 3 rings (SSSR count). The molecule has 2 aromatic heterocycles. The smallest absolute Gasteiger partial charge is 0.323 e. The molecule has 1 N–H and O–H groups in total. The molecule has 3 aromatic rings. The topological polar surface area (TPSA) is 86.2 Å². The van der Waals surface area contributed by atoms with E-state index in [1.807, 2.05) is 13.0 Å². The van der Waals surface area contributed by atoms with Gasteiger partial charge in [0.2, 0.25) is 6.39 Å². The molecule has 0 radical (unpaired) electrons. The largest absolute Gasteiger partial charge is 0.496 e. The lowest BCUT2D eigenvalue weighted by atomic mass is 10.2. The first-order valence-electron chi connectivity index (χ1n) is 5.24. The number of methoxy groups -OCH3 is 1. The lowest BCUT2D eigenvalue weighted by molar-refractivity contribution is 0.411. The van der Waals surface area contributed by atoms with E-state index in [-0.39, 0.29) is 6.01 Å². The molecule has 7 heteroatoms. The minimum absolute atomic E-state index is 0.227. The number of ether oxygens (including phenoxy) is 1. The van der Waals surface area contributed by atoms with Gasteiger partial charge in [0.15, 0.2) is 5.58 Å². The summed E-state index contributed by atoms with van der Waals surface area (Å²) in [5.74, 6) is 0.753. The van der Waals surface area contributed by atoms with Gasteiger partial charge < -0.3 is 13.6 Å². The molecule has 0 atom stereocenters. The predicted molar refractivity (Wildman–Crippen MR) is 62.9 cm³/mol. The van der Waals surface area contributed by atoms with E-state index in [1.54, 1.807) is 13.2 Å². The number of anilines is 2. The Balaban J connectivity index is 2.00. The van der Waals surface area contributed by atoms with Crippen LogP contribution in [-0.2, 0) is 0 Å². The van der Waals surface area contributed by atoms with E-state index in [9.17, 15) is 0 Å². The first kappa shape index (κ1) is 10.6. The summed E-state index contributed by atoms with van der Waals surface area (Å²) in [5.41, 5.74) is 2.34. The van der Waals surface area contributed by atoms with Crippen molar-refractivity contribution in [1.82, 2.24) is 15.2 Å². The van der Waals surface area contributed by atoms with Gasteiger partial charge in [-0.1, -0.05) is 5.10 Å². The Morgan fingerprint density at radius 3 is 2.89 bits per heavy atom. The number of rotatable bonds is 3. The molecule has 0 bridgehead atoms. The van der Waals surface area contributed by atoms with Gasteiger partial charge in [0.25, 0.3) is 0 Å². The molecule has 2 heterocycles. The van der Waals surface area contributed by atoms with Crippen molar-refractivity contribution in [1.29, 1.82) is 0 Å². The molecule has 0 aliphatic heterocycles. The Labute approximate surface area is 102 Å². The monoisotopic (exact) mass is 246 g/mol. The fourth-order valence-corrected chi connectivity index (χ4v) is 1.65. The molecule has 0 aliphatic rings. The van der Waals surface area contributed by atoms with E-state index in [0.717, 1.165) is 16.8 Å². The van der Waals surface area contributed by atoms with E-state index >= 15 is 0 Å². The van der Waals surface area contributed by atoms with Gasteiger partial charge in [-0.15, -0.1) is 5.10 Å². The van der Waals surface area contributed by atoms with Crippen LogP contribution in [0, 0.1) is 6.92 Å². The lowest BCUT2D eigenvalue weighted by Gasteiger charge is -2.01. The number of fused-ring (bicyclic) bond motifs is 1. The second kappa shape index (κ2) is 4.02. The van der Waals surface area contributed by atoms with Gasteiger partial charge in [-0.25, -0.2) is 0 Å². The van der Waals surface area contributed by atoms with Crippen LogP contribution in [0.2, 0.25) is 0 Å². The van der Waals surface area contributed by atoms with Crippen LogP contribution < -0.4 is 10.1 Å². The van der Waals surface area contributed by atoms with E-state index in [2.05, 4.69) is 20.5 Å². The first-order valence-corrected chi connectivity index (χ1v) is 5.24. The zero-order chi connectivity index (χ0) is 12.5. The van der Waals surface area contributed by atoms with Crippen molar-refractivity contribution in [3.05, 3.63) is 24.1 Å². The summed E-state index contributed by atoms with van der Waals surface area (Å²) in [5, 5.41) is 10.00. The molecule has 18 heavy (non-hydrogen) atoms. The van der Waals surface area contributed by atoms with Crippen LogP contribution >= 0.6 is 0 Å². The molecule has 0 saturated carbocycles. The molecule has 0 aliphatic carbocycles. The molecular formula is C11H10N4O3. The summed E-state index contributed by atoms with van der Waals surface area (Å²) < 4.78 is 15.7. The van der Waals surface area contributed by atoms with Crippen LogP contribution in [0.4, 0.5) is 12.0 Å². The summed E-state index contributed by atoms with van der Waals surface area (Å²) in [6.45, 7) is 1.94. The number of aryl methyl sites for hydroxylation is 1. The standard InChI is InChI=1S/C11H10N4O3/c1-6-3-7-9(4-8(6)16-2)18-10(13-7)14-11-15-12-5-17-11/h3-5H,1-2H3,(H,13,14,15). The average Bonchev–Trinajstić information content (AvgIpc) is 2.97. The van der Waals surface area contributed by atoms with Gasteiger partial charge in [-0.2, -0.15) is 4.98 Å². The van der Waals surface area contributed by atoms with E-state index in [0.29, 0.717) is 11.6 Å². The highest BCUT2D eigenvalue weighted by Gasteiger charge is 2.11. The number of oxazole rings is 1. The molecule has 0 saturated heterocycles. The third kappa shape index (κ3) is 1.75. The predicted octanol–water partition coefficient (Wildman–Crippen LogP) is 2.27. The number of nitrogens with one attached hydrogen (secondary N) is 1. The maximum Gasteiger partial charge on any atom is 0.323 e. The number of aromatic nitrogens is 3. The second-order valence-electron chi connectivity index (χ2n) is 3.68. The van der Waals surface area contributed by atoms with Gasteiger partial charge in [0.1, 0.15) is 11.3 Å². The van der Waals surface area contributed by atoms with Crippen LogP contribution in [0.25, 0.3) is 11.1 Å². The van der Waals surface area contributed by atoms with Gasteiger partial charge in [-0.3, -0.25) is 5.32 Å². The van der Waals surface area contributed by atoms with Crippen molar-refractivity contribution in [2.24, 2.45) is 0 Å². The molecule has 0 spiro atoms. The molecule has 0 fully saturated rings. The van der Waals surface area contributed by atoms with Crippen LogP contribution in [0.5, 0.6) is 5.75 Å². The summed E-state index contributed by atoms with van der Waals surface area (Å²) in [7, 11) is 1.61. The van der Waals surface area contributed by atoms with Gasteiger partial charge in [-0.05, 0) is 18.6 Å². The van der Waals surface area contributed by atoms with Crippen molar-refractivity contribution in [3.8, 4) is 5.75 Å². The van der Waals surface area contributed by atoms with E-state index < -0.39 is 0 Å². The van der Waals surface area contributed by atoms with Crippen molar-refractivity contribution in [3.63, 3.8) is 0 Å². The minimum Gasteiger partial charge on any atom is -0.496 e. The Morgan fingerprint density at radius 1 is 1.28 bits per heavy atom. The maximum absolute atomic E-state index is 5.51. The van der Waals surface area contributed by atoms with Crippen LogP contribution in [0.1, 0.15) is 5.56 Å². The van der Waals surface area contributed by atoms with Gasteiger partial charge in [0, 0.05) is 6.07 Å². The zero-order valence-electron chi connectivity index (χ0n) is 9.80. The summed E-state index contributed by atoms with van der Waals surface area (Å²) >= 11 is 0. The Kier molecular flexibility index (Phi) is 2.36. The molecular weight excluding hydrogens is 236 g/mol.